The van der Waals surface area contributed by atoms with Crippen LogP contribution in [0.5, 0.6) is 0 Å². The van der Waals surface area contributed by atoms with Gasteiger partial charge in [-0.3, -0.25) is 4.79 Å². The van der Waals surface area contributed by atoms with E-state index in [4.69, 9.17) is 4.42 Å². The second kappa shape index (κ2) is 7.42. The van der Waals surface area contributed by atoms with Crippen molar-refractivity contribution >= 4 is 5.91 Å². The first-order chi connectivity index (χ1) is 12.0. The number of β-amino-alcohol motifs (C(OH)–C–C–N with tert-alkyl or cyclic N) is 1. The average Bonchev–Trinajstić information content (AvgIpc) is 3.09. The van der Waals surface area contributed by atoms with E-state index in [0.29, 0.717) is 32.2 Å². The summed E-state index contributed by atoms with van der Waals surface area (Å²) >= 11 is 0. The van der Waals surface area contributed by atoms with Gasteiger partial charge < -0.3 is 19.5 Å². The molecule has 0 radical (unpaired) electrons. The Kier molecular flexibility index (Phi) is 5.25. The molecule has 2 N–H and O–H groups in total. The maximum atomic E-state index is 12.4. The smallest absolute Gasteiger partial charge is 0.223 e. The fourth-order valence-corrected chi connectivity index (χ4v) is 3.23. The fourth-order valence-electron chi connectivity index (χ4n) is 3.23. The van der Waals surface area contributed by atoms with Gasteiger partial charge in [-0.05, 0) is 31.9 Å². The van der Waals surface area contributed by atoms with Crippen molar-refractivity contribution in [1.82, 2.24) is 4.90 Å². The van der Waals surface area contributed by atoms with Crippen molar-refractivity contribution < 1.29 is 19.4 Å². The van der Waals surface area contributed by atoms with Crippen LogP contribution in [0.15, 0.2) is 40.8 Å². The van der Waals surface area contributed by atoms with Crippen LogP contribution in [0, 0.1) is 6.92 Å². The van der Waals surface area contributed by atoms with Crippen LogP contribution in [0.4, 0.5) is 0 Å². The van der Waals surface area contributed by atoms with Crippen molar-refractivity contribution in [3.8, 4) is 11.3 Å². The summed E-state index contributed by atoms with van der Waals surface area (Å²) in [4.78, 5) is 14.0. The standard InChI is InChI=1S/C20H25NO4/c1-15-3-5-16(6-4-15)18-9-7-17(25-18)8-10-19(23)21-12-2-11-20(24,13-21)14-22/h3-7,9,22,24H,2,8,10-14H2,1H3/t20-/m1/s1. The molecule has 5 nitrogen and oxygen atoms in total. The number of benzene rings is 1. The van der Waals surface area contributed by atoms with Crippen molar-refractivity contribution in [1.29, 1.82) is 0 Å². The minimum atomic E-state index is -1.16. The number of carbonyl (C=O) groups is 1. The molecule has 1 aliphatic rings. The van der Waals surface area contributed by atoms with Gasteiger partial charge in [0.1, 0.15) is 17.1 Å². The lowest BCUT2D eigenvalue weighted by molar-refractivity contribution is -0.140. The highest BCUT2D eigenvalue weighted by Gasteiger charge is 2.34. The number of aliphatic hydroxyl groups is 2. The van der Waals surface area contributed by atoms with E-state index in [9.17, 15) is 15.0 Å². The highest BCUT2D eigenvalue weighted by Crippen LogP contribution is 2.24. The van der Waals surface area contributed by atoms with Crippen LogP contribution in [-0.4, -0.2) is 46.3 Å². The third kappa shape index (κ3) is 4.30. The van der Waals surface area contributed by atoms with Crippen LogP contribution < -0.4 is 0 Å². The Morgan fingerprint density at radius 2 is 2.00 bits per heavy atom. The Labute approximate surface area is 147 Å². The monoisotopic (exact) mass is 343 g/mol. The first-order valence-electron chi connectivity index (χ1n) is 8.76. The zero-order valence-corrected chi connectivity index (χ0v) is 14.6. The van der Waals surface area contributed by atoms with Crippen LogP contribution in [0.1, 0.15) is 30.6 Å². The zero-order chi connectivity index (χ0) is 17.9. The minimum Gasteiger partial charge on any atom is -0.461 e. The van der Waals surface area contributed by atoms with Crippen molar-refractivity contribution in [2.75, 3.05) is 19.7 Å². The molecule has 0 bridgehead atoms. The van der Waals surface area contributed by atoms with E-state index in [1.54, 1.807) is 4.90 Å². The largest absolute Gasteiger partial charge is 0.461 e. The Morgan fingerprint density at radius 1 is 1.24 bits per heavy atom. The SMILES string of the molecule is Cc1ccc(-c2ccc(CCC(=O)N3CCC[C@](O)(CO)C3)o2)cc1. The quantitative estimate of drug-likeness (QED) is 0.875. The number of hydrogen-bond acceptors (Lipinski definition) is 4. The normalized spacial score (nSPS) is 20.7. The molecule has 1 fully saturated rings. The molecule has 5 heteroatoms. The van der Waals surface area contributed by atoms with Gasteiger partial charge in [0.05, 0.1) is 13.2 Å². The van der Waals surface area contributed by atoms with E-state index in [1.807, 2.05) is 43.3 Å². The van der Waals surface area contributed by atoms with Crippen LogP contribution >= 0.6 is 0 Å². The second-order valence-corrected chi connectivity index (χ2v) is 6.93. The Balaban J connectivity index is 1.57. The molecule has 134 valence electrons. The van der Waals surface area contributed by atoms with Gasteiger partial charge in [-0.1, -0.05) is 29.8 Å². The first kappa shape index (κ1) is 17.7. The number of aliphatic hydroxyl groups excluding tert-OH is 1. The summed E-state index contributed by atoms with van der Waals surface area (Å²) in [6.45, 7) is 2.57. The molecule has 1 aromatic carbocycles. The predicted octanol–water partition coefficient (Wildman–Crippen LogP) is 2.53. The number of carbonyl (C=O) groups excluding carboxylic acids is 1. The third-order valence-electron chi connectivity index (χ3n) is 4.79. The van der Waals surface area contributed by atoms with E-state index >= 15 is 0 Å². The average molecular weight is 343 g/mol. The Bertz CT molecular complexity index is 722. The van der Waals surface area contributed by atoms with Crippen molar-refractivity contribution in [2.24, 2.45) is 0 Å². The molecule has 1 aromatic heterocycles. The molecule has 25 heavy (non-hydrogen) atoms. The summed E-state index contributed by atoms with van der Waals surface area (Å²) in [5, 5.41) is 19.5. The fraction of sp³-hybridized carbons (Fsp3) is 0.450. The molecule has 2 heterocycles. The van der Waals surface area contributed by atoms with Gasteiger partial charge >= 0.3 is 0 Å². The maximum Gasteiger partial charge on any atom is 0.223 e. The molecule has 3 rings (SSSR count). The van der Waals surface area contributed by atoms with Crippen LogP contribution in [-0.2, 0) is 11.2 Å². The lowest BCUT2D eigenvalue weighted by Crippen LogP contribution is -2.52. The van der Waals surface area contributed by atoms with Gasteiger partial charge in [-0.15, -0.1) is 0 Å². The zero-order valence-electron chi connectivity index (χ0n) is 14.6. The summed E-state index contributed by atoms with van der Waals surface area (Å²) in [5.41, 5.74) is 1.06. The number of nitrogens with zero attached hydrogens (tertiary/aromatic N) is 1. The van der Waals surface area contributed by atoms with Crippen LogP contribution in [0.25, 0.3) is 11.3 Å². The van der Waals surface area contributed by atoms with Crippen molar-refractivity contribution in [2.45, 2.75) is 38.2 Å². The lowest BCUT2D eigenvalue weighted by Gasteiger charge is -2.38. The molecule has 0 saturated carbocycles. The first-order valence-corrected chi connectivity index (χ1v) is 8.76. The van der Waals surface area contributed by atoms with Gasteiger partial charge in [0.15, 0.2) is 0 Å². The highest BCUT2D eigenvalue weighted by molar-refractivity contribution is 5.76. The van der Waals surface area contributed by atoms with Crippen molar-refractivity contribution in [3.05, 3.63) is 47.7 Å². The molecule has 0 aliphatic carbocycles. The highest BCUT2D eigenvalue weighted by atomic mass is 16.3. The Hall–Kier alpha value is -2.11. The molecule has 1 amide bonds. The summed E-state index contributed by atoms with van der Waals surface area (Å²) < 4.78 is 5.85. The summed E-state index contributed by atoms with van der Waals surface area (Å²) in [6.07, 6.45) is 2.10. The molecule has 1 aliphatic heterocycles. The number of piperidine rings is 1. The van der Waals surface area contributed by atoms with E-state index in [2.05, 4.69) is 0 Å². The summed E-state index contributed by atoms with van der Waals surface area (Å²) in [5.74, 6) is 1.56. The van der Waals surface area contributed by atoms with Gasteiger partial charge in [0.2, 0.25) is 5.91 Å². The number of likely N-dealkylation sites (tertiary alicyclic amines) is 1. The van der Waals surface area contributed by atoms with Gasteiger partial charge in [-0.25, -0.2) is 0 Å². The lowest BCUT2D eigenvalue weighted by atomic mass is 9.93. The van der Waals surface area contributed by atoms with E-state index in [-0.39, 0.29) is 19.1 Å². The summed E-state index contributed by atoms with van der Waals surface area (Å²) in [6, 6.07) is 12.0. The van der Waals surface area contributed by atoms with Crippen LogP contribution in [0.3, 0.4) is 0 Å². The summed E-state index contributed by atoms with van der Waals surface area (Å²) in [7, 11) is 0. The number of furan rings is 1. The van der Waals surface area contributed by atoms with Gasteiger partial charge in [0.25, 0.3) is 0 Å². The number of amides is 1. The second-order valence-electron chi connectivity index (χ2n) is 6.93. The van der Waals surface area contributed by atoms with Gasteiger partial charge in [0, 0.05) is 24.9 Å². The van der Waals surface area contributed by atoms with E-state index in [1.165, 1.54) is 5.56 Å². The molecular weight excluding hydrogens is 318 g/mol. The van der Waals surface area contributed by atoms with Gasteiger partial charge in [-0.2, -0.15) is 0 Å². The topological polar surface area (TPSA) is 73.9 Å². The molecule has 0 unspecified atom stereocenters. The molecule has 0 spiro atoms. The van der Waals surface area contributed by atoms with Crippen LogP contribution in [0.2, 0.25) is 0 Å². The molecular formula is C20H25NO4. The number of hydrogen-bond donors (Lipinski definition) is 2. The molecule has 2 aromatic rings. The van der Waals surface area contributed by atoms with E-state index in [0.717, 1.165) is 17.1 Å². The third-order valence-corrected chi connectivity index (χ3v) is 4.79. The van der Waals surface area contributed by atoms with Crippen molar-refractivity contribution in [3.63, 3.8) is 0 Å². The molecule has 1 atom stereocenters. The minimum absolute atomic E-state index is 0.0140. The predicted molar refractivity (Wildman–Crippen MR) is 95.1 cm³/mol. The Morgan fingerprint density at radius 3 is 2.72 bits per heavy atom. The number of rotatable bonds is 5. The van der Waals surface area contributed by atoms with E-state index < -0.39 is 5.60 Å². The maximum absolute atomic E-state index is 12.4. The number of aryl methyl sites for hydroxylation is 2. The molecule has 1 saturated heterocycles.